The molecule has 7 rings (SSSR count). The van der Waals surface area contributed by atoms with Crippen LogP contribution in [0.5, 0.6) is 0 Å². The molecule has 14 nitrogen and oxygen atoms in total. The van der Waals surface area contributed by atoms with Crippen LogP contribution < -0.4 is 0 Å². The second kappa shape index (κ2) is 13.3. The van der Waals surface area contributed by atoms with Gasteiger partial charge in [-0.2, -0.15) is 0 Å². The van der Waals surface area contributed by atoms with Gasteiger partial charge in [0, 0.05) is 11.5 Å². The van der Waals surface area contributed by atoms with E-state index in [0.717, 1.165) is 56.9 Å². The molecule has 8 N–H and O–H groups in total. The van der Waals surface area contributed by atoms with Crippen molar-refractivity contribution in [1.29, 1.82) is 0 Å². The van der Waals surface area contributed by atoms with Crippen molar-refractivity contribution in [2.45, 2.75) is 145 Å². The first-order chi connectivity index (χ1) is 23.2. The van der Waals surface area contributed by atoms with Crippen LogP contribution in [0.3, 0.4) is 0 Å². The Labute approximate surface area is 285 Å². The molecule has 14 heteroatoms. The Bertz CT molecular complexity index is 1260. The number of carbonyl (C=O) groups is 1. The third kappa shape index (κ3) is 5.82. The molecule has 0 amide bonds. The molecule has 0 unspecified atom stereocenters. The quantitative estimate of drug-likeness (QED) is 0.121. The summed E-state index contributed by atoms with van der Waals surface area (Å²) in [6, 6.07) is 0. The molecule has 49 heavy (non-hydrogen) atoms. The highest BCUT2D eigenvalue weighted by Crippen LogP contribution is 2.70. The summed E-state index contributed by atoms with van der Waals surface area (Å²) in [5, 5.41) is 84.5. The lowest BCUT2D eigenvalue weighted by Crippen LogP contribution is -2.63. The maximum Gasteiger partial charge on any atom is 0.331 e. The maximum absolute atomic E-state index is 12.5. The summed E-state index contributed by atoms with van der Waals surface area (Å²) < 4.78 is 28.4. The van der Waals surface area contributed by atoms with E-state index in [1.165, 1.54) is 0 Å². The van der Waals surface area contributed by atoms with E-state index in [9.17, 15) is 45.6 Å². The van der Waals surface area contributed by atoms with Crippen molar-refractivity contribution < 1.29 is 69.3 Å². The highest BCUT2D eigenvalue weighted by molar-refractivity contribution is 5.85. The first-order valence-electron chi connectivity index (χ1n) is 18.1. The highest BCUT2D eigenvalue weighted by Gasteiger charge is 2.68. The fourth-order valence-electron chi connectivity index (χ4n) is 11.2. The Hall–Kier alpha value is -1.27. The Morgan fingerprint density at radius 2 is 1.49 bits per heavy atom. The Morgan fingerprint density at radius 3 is 2.18 bits per heavy atom. The van der Waals surface area contributed by atoms with E-state index < -0.39 is 80.2 Å². The summed E-state index contributed by atoms with van der Waals surface area (Å²) >= 11 is 0. The zero-order valence-corrected chi connectivity index (χ0v) is 28.3. The molecular weight excluding hydrogens is 644 g/mol. The van der Waals surface area contributed by atoms with E-state index in [4.69, 9.17) is 23.7 Å². The molecule has 4 aliphatic carbocycles. The van der Waals surface area contributed by atoms with E-state index in [0.29, 0.717) is 24.9 Å². The normalized spacial score (nSPS) is 54.4. The molecule has 3 aliphatic heterocycles. The maximum atomic E-state index is 12.5. The lowest BCUT2D eigenvalue weighted by molar-refractivity contribution is -0.338. The Morgan fingerprint density at radius 1 is 0.796 bits per heavy atom. The molecule has 4 saturated carbocycles. The molecule has 0 spiro atoms. The molecule has 278 valence electrons. The van der Waals surface area contributed by atoms with E-state index in [1.54, 1.807) is 6.08 Å². The second-order valence-electron chi connectivity index (χ2n) is 16.4. The molecule has 18 atom stereocenters. The monoisotopic (exact) mass is 698 g/mol. The fourth-order valence-corrected chi connectivity index (χ4v) is 11.2. The van der Waals surface area contributed by atoms with Gasteiger partial charge in [0.15, 0.2) is 12.6 Å². The molecule has 0 bridgehead atoms. The van der Waals surface area contributed by atoms with Crippen molar-refractivity contribution in [3.8, 4) is 0 Å². The third-order valence-corrected chi connectivity index (χ3v) is 14.2. The van der Waals surface area contributed by atoms with Gasteiger partial charge in [-0.1, -0.05) is 13.8 Å². The van der Waals surface area contributed by atoms with Crippen LogP contribution in [-0.4, -0.2) is 140 Å². The lowest BCUT2D eigenvalue weighted by Gasteiger charge is -2.64. The molecular formula is C35H54O14. The number of esters is 1. The van der Waals surface area contributed by atoms with Crippen molar-refractivity contribution in [2.24, 2.45) is 34.5 Å². The van der Waals surface area contributed by atoms with Gasteiger partial charge in [0.05, 0.1) is 24.9 Å². The standard InChI is InChI=1S/C35H54O14/c1-33-8-5-18(47-32-30(43)28(41)26(39)23(49-32)15-46-31-29(42)27(40)25(38)22(13-36)48-31)12-17(33)3-4-21-20(33)6-9-34(2)19(7-10-35(21,34)44)16-11-24(37)45-14-16/h11,17-23,25-32,36,38-44H,3-10,12-15H2,1-2H3/t17-,18+,19-,20+,21-,22-,23-,25+,26-,27+,28+,29-,30-,31+,32-,33+,34-,35+/m1/s1. The van der Waals surface area contributed by atoms with E-state index in [-0.39, 0.29) is 34.7 Å². The van der Waals surface area contributed by atoms with Crippen LogP contribution in [0.2, 0.25) is 0 Å². The number of ether oxygens (including phenoxy) is 5. The van der Waals surface area contributed by atoms with Gasteiger partial charge in [-0.25, -0.2) is 4.79 Å². The van der Waals surface area contributed by atoms with Crippen LogP contribution >= 0.6 is 0 Å². The molecule has 2 saturated heterocycles. The Balaban J connectivity index is 0.982. The molecule has 0 aromatic heterocycles. The first kappa shape index (κ1) is 36.1. The molecule has 0 aromatic carbocycles. The van der Waals surface area contributed by atoms with Crippen molar-refractivity contribution in [3.63, 3.8) is 0 Å². The van der Waals surface area contributed by atoms with Crippen molar-refractivity contribution >= 4 is 5.97 Å². The van der Waals surface area contributed by atoms with Crippen molar-refractivity contribution in [2.75, 3.05) is 19.8 Å². The number of cyclic esters (lactones) is 1. The predicted molar refractivity (Wildman–Crippen MR) is 167 cm³/mol. The minimum Gasteiger partial charge on any atom is -0.458 e. The number of fused-ring (bicyclic) bond motifs is 5. The summed E-state index contributed by atoms with van der Waals surface area (Å²) in [6.45, 7) is 3.85. The van der Waals surface area contributed by atoms with E-state index >= 15 is 0 Å². The van der Waals surface area contributed by atoms with Gasteiger partial charge in [0.25, 0.3) is 0 Å². The molecule has 7 aliphatic rings. The summed E-state index contributed by atoms with van der Waals surface area (Å²) in [4.78, 5) is 11.9. The van der Waals surface area contributed by atoms with Gasteiger partial charge in [-0.15, -0.1) is 0 Å². The average molecular weight is 699 g/mol. The summed E-state index contributed by atoms with van der Waals surface area (Å²) in [5.41, 5.74) is -0.0991. The minimum absolute atomic E-state index is 0.00679. The molecule has 0 radical (unpaired) electrons. The first-order valence-corrected chi connectivity index (χ1v) is 18.1. The summed E-state index contributed by atoms with van der Waals surface area (Å²) in [7, 11) is 0. The molecule has 3 heterocycles. The second-order valence-corrected chi connectivity index (χ2v) is 16.4. The van der Waals surface area contributed by atoms with Crippen LogP contribution in [0.25, 0.3) is 0 Å². The number of hydrogen-bond donors (Lipinski definition) is 8. The lowest BCUT2D eigenvalue weighted by atomic mass is 9.43. The van der Waals surface area contributed by atoms with Crippen molar-refractivity contribution in [1.82, 2.24) is 0 Å². The number of aliphatic hydroxyl groups excluding tert-OH is 7. The van der Waals surface area contributed by atoms with Gasteiger partial charge in [0.2, 0.25) is 0 Å². The average Bonchev–Trinajstić information content (AvgIpc) is 3.63. The Kier molecular flexibility index (Phi) is 9.80. The SMILES string of the molecule is C[C@]12CC[C@H](O[C@@H]3O[C@H](CO[C@H]4O[C@H](CO)[C@H](O)[C@H](O)[C@H]4O)[C@@H](O)[C@H](O)[C@H]3O)C[C@H]1CC[C@@H]1[C@@H]2CC[C@]2(C)[C@@H](C3=CC(=O)OC3)CC[C@]12O. The minimum atomic E-state index is -1.65. The largest absolute Gasteiger partial charge is 0.458 e. The summed E-state index contributed by atoms with van der Waals surface area (Å²) in [6.07, 6.45) is -5.68. The van der Waals surface area contributed by atoms with E-state index in [1.807, 2.05) is 0 Å². The smallest absolute Gasteiger partial charge is 0.331 e. The fraction of sp³-hybridized carbons (Fsp3) is 0.914. The van der Waals surface area contributed by atoms with Crippen LogP contribution in [0, 0.1) is 34.5 Å². The topological polar surface area (TPSA) is 225 Å². The zero-order chi connectivity index (χ0) is 35.0. The van der Waals surface area contributed by atoms with Gasteiger partial charge in [-0.3, -0.25) is 0 Å². The van der Waals surface area contributed by atoms with Gasteiger partial charge in [-0.05, 0) is 92.4 Å². The van der Waals surface area contributed by atoms with Crippen LogP contribution in [0.1, 0.15) is 71.6 Å². The number of hydrogen-bond acceptors (Lipinski definition) is 14. The predicted octanol–water partition coefficient (Wildman–Crippen LogP) is -0.747. The zero-order valence-electron chi connectivity index (χ0n) is 28.3. The number of rotatable bonds is 7. The van der Waals surface area contributed by atoms with Gasteiger partial charge >= 0.3 is 5.97 Å². The number of carbonyl (C=O) groups excluding carboxylic acids is 1. The molecule has 0 aromatic rings. The van der Waals surface area contributed by atoms with Crippen LogP contribution in [0.15, 0.2) is 11.6 Å². The van der Waals surface area contributed by atoms with E-state index in [2.05, 4.69) is 13.8 Å². The van der Waals surface area contributed by atoms with Crippen LogP contribution in [-0.2, 0) is 28.5 Å². The number of aliphatic hydroxyl groups is 8. The van der Waals surface area contributed by atoms with Crippen LogP contribution in [0.4, 0.5) is 0 Å². The van der Waals surface area contributed by atoms with Gasteiger partial charge in [0.1, 0.15) is 55.4 Å². The highest BCUT2D eigenvalue weighted by atomic mass is 16.7. The molecule has 6 fully saturated rings. The third-order valence-electron chi connectivity index (χ3n) is 14.2. The van der Waals surface area contributed by atoms with Gasteiger partial charge < -0.3 is 64.5 Å². The van der Waals surface area contributed by atoms with Crippen molar-refractivity contribution in [3.05, 3.63) is 11.6 Å². The summed E-state index contributed by atoms with van der Waals surface area (Å²) in [5.74, 6) is 0.683.